The van der Waals surface area contributed by atoms with Crippen molar-refractivity contribution in [3.63, 3.8) is 0 Å². The average Bonchev–Trinajstić information content (AvgIpc) is 2.95. The van der Waals surface area contributed by atoms with Crippen molar-refractivity contribution in [1.29, 1.82) is 0 Å². The molecule has 0 bridgehead atoms. The topological polar surface area (TPSA) is 86.1 Å². The SMILES string of the molecule is Cc1ccc(S(=O)(=O)N2CCCC2CN=[N+]=[N-])s1. The lowest BCUT2D eigenvalue weighted by atomic mass is 10.2. The first-order valence-corrected chi connectivity index (χ1v) is 7.90. The van der Waals surface area contributed by atoms with Crippen LogP contribution in [0.3, 0.4) is 0 Å². The number of aryl methyl sites for hydroxylation is 1. The van der Waals surface area contributed by atoms with Gasteiger partial charge in [-0.1, -0.05) is 5.11 Å². The molecule has 98 valence electrons. The maximum atomic E-state index is 12.4. The molecule has 1 unspecified atom stereocenters. The molecule has 2 heterocycles. The lowest BCUT2D eigenvalue weighted by Gasteiger charge is -2.21. The summed E-state index contributed by atoms with van der Waals surface area (Å²) in [5, 5.41) is 3.49. The molecule has 18 heavy (non-hydrogen) atoms. The van der Waals surface area contributed by atoms with E-state index in [0.717, 1.165) is 17.7 Å². The highest BCUT2D eigenvalue weighted by Crippen LogP contribution is 2.30. The van der Waals surface area contributed by atoms with E-state index < -0.39 is 10.0 Å². The number of rotatable bonds is 4. The standard InChI is InChI=1S/C10H14N4O2S2/c1-8-4-5-10(17-8)18(15,16)14-6-2-3-9(14)7-12-13-11/h4-5,9H,2-3,6-7H2,1H3. The number of nitrogens with zero attached hydrogens (tertiary/aromatic N) is 4. The van der Waals surface area contributed by atoms with Gasteiger partial charge in [-0.15, -0.1) is 11.3 Å². The Bertz CT molecular complexity index is 574. The third kappa shape index (κ3) is 2.51. The summed E-state index contributed by atoms with van der Waals surface area (Å²) in [5.41, 5.74) is 8.33. The molecular weight excluding hydrogens is 272 g/mol. The first-order chi connectivity index (χ1) is 8.55. The summed E-state index contributed by atoms with van der Waals surface area (Å²) < 4.78 is 26.7. The Hall–Kier alpha value is -1.08. The van der Waals surface area contributed by atoms with E-state index in [9.17, 15) is 8.42 Å². The summed E-state index contributed by atoms with van der Waals surface area (Å²) in [5.74, 6) is 0. The van der Waals surface area contributed by atoms with E-state index in [2.05, 4.69) is 10.0 Å². The van der Waals surface area contributed by atoms with Crippen molar-refractivity contribution in [2.24, 2.45) is 5.11 Å². The molecule has 0 aromatic carbocycles. The molecule has 0 radical (unpaired) electrons. The Balaban J connectivity index is 2.26. The zero-order chi connectivity index (χ0) is 13.2. The fourth-order valence-electron chi connectivity index (χ4n) is 2.11. The molecule has 6 nitrogen and oxygen atoms in total. The molecule has 0 spiro atoms. The van der Waals surface area contributed by atoms with Gasteiger partial charge in [0.1, 0.15) is 4.21 Å². The Morgan fingerprint density at radius 1 is 1.61 bits per heavy atom. The van der Waals surface area contributed by atoms with Crippen LogP contribution in [-0.2, 0) is 10.0 Å². The summed E-state index contributed by atoms with van der Waals surface area (Å²) in [7, 11) is -3.43. The molecule has 1 fully saturated rings. The van der Waals surface area contributed by atoms with Crippen LogP contribution >= 0.6 is 11.3 Å². The van der Waals surface area contributed by atoms with Gasteiger partial charge in [0.15, 0.2) is 0 Å². The van der Waals surface area contributed by atoms with Crippen molar-refractivity contribution in [2.45, 2.75) is 30.0 Å². The average molecular weight is 286 g/mol. The fourth-order valence-corrected chi connectivity index (χ4v) is 5.20. The summed E-state index contributed by atoms with van der Waals surface area (Å²) in [4.78, 5) is 3.67. The second kappa shape index (κ2) is 5.27. The van der Waals surface area contributed by atoms with Crippen LogP contribution in [0.15, 0.2) is 21.5 Å². The van der Waals surface area contributed by atoms with Crippen LogP contribution in [0.4, 0.5) is 0 Å². The molecule has 1 aromatic rings. The van der Waals surface area contributed by atoms with Crippen LogP contribution in [-0.4, -0.2) is 31.9 Å². The van der Waals surface area contributed by atoms with Gasteiger partial charge in [-0.3, -0.25) is 0 Å². The van der Waals surface area contributed by atoms with Gasteiger partial charge in [0.25, 0.3) is 10.0 Å². The zero-order valence-electron chi connectivity index (χ0n) is 9.98. The zero-order valence-corrected chi connectivity index (χ0v) is 11.6. The van der Waals surface area contributed by atoms with Gasteiger partial charge in [0.05, 0.1) is 0 Å². The summed E-state index contributed by atoms with van der Waals surface area (Å²) in [6, 6.07) is 3.24. The van der Waals surface area contributed by atoms with Gasteiger partial charge >= 0.3 is 0 Å². The third-order valence-corrected chi connectivity index (χ3v) is 6.38. The van der Waals surface area contributed by atoms with E-state index in [0.29, 0.717) is 10.8 Å². The van der Waals surface area contributed by atoms with Gasteiger partial charge in [0.2, 0.25) is 0 Å². The maximum Gasteiger partial charge on any atom is 0.252 e. The van der Waals surface area contributed by atoms with Crippen molar-refractivity contribution in [3.05, 3.63) is 27.5 Å². The highest BCUT2D eigenvalue weighted by Gasteiger charge is 2.35. The van der Waals surface area contributed by atoms with Gasteiger partial charge < -0.3 is 0 Å². The summed E-state index contributed by atoms with van der Waals surface area (Å²) in [6.45, 7) is 2.59. The maximum absolute atomic E-state index is 12.4. The first kappa shape index (κ1) is 13.4. The molecule has 0 saturated carbocycles. The monoisotopic (exact) mass is 286 g/mol. The highest BCUT2D eigenvalue weighted by atomic mass is 32.2. The summed E-state index contributed by atoms with van der Waals surface area (Å²) in [6.07, 6.45) is 1.57. The van der Waals surface area contributed by atoms with Gasteiger partial charge in [-0.05, 0) is 37.4 Å². The molecule has 2 rings (SSSR count). The largest absolute Gasteiger partial charge is 0.252 e. The van der Waals surface area contributed by atoms with Crippen LogP contribution in [0, 0.1) is 6.92 Å². The van der Waals surface area contributed by atoms with E-state index in [1.54, 1.807) is 12.1 Å². The quantitative estimate of drug-likeness (QED) is 0.484. The number of hydrogen-bond donors (Lipinski definition) is 0. The Morgan fingerprint density at radius 2 is 2.39 bits per heavy atom. The van der Waals surface area contributed by atoms with Gasteiger partial charge in [-0.2, -0.15) is 4.31 Å². The van der Waals surface area contributed by atoms with E-state index >= 15 is 0 Å². The predicted molar refractivity (Wildman–Crippen MR) is 70.0 cm³/mol. The second-order valence-electron chi connectivity index (χ2n) is 4.19. The molecule has 0 aliphatic carbocycles. The molecule has 0 amide bonds. The van der Waals surface area contributed by atoms with Crippen molar-refractivity contribution in [3.8, 4) is 0 Å². The molecule has 0 N–H and O–H groups in total. The van der Waals surface area contributed by atoms with E-state index in [1.165, 1.54) is 15.6 Å². The molecular formula is C10H14N4O2S2. The minimum Gasteiger partial charge on any atom is -0.206 e. The van der Waals surface area contributed by atoms with Crippen LogP contribution in [0.5, 0.6) is 0 Å². The Labute approximate surface area is 110 Å². The minimum absolute atomic E-state index is 0.201. The Kier molecular flexibility index (Phi) is 3.91. The van der Waals surface area contributed by atoms with Crippen molar-refractivity contribution >= 4 is 21.4 Å². The van der Waals surface area contributed by atoms with Crippen LogP contribution in [0.2, 0.25) is 0 Å². The molecule has 1 saturated heterocycles. The van der Waals surface area contributed by atoms with Crippen LogP contribution < -0.4 is 0 Å². The van der Waals surface area contributed by atoms with E-state index in [-0.39, 0.29) is 12.6 Å². The number of thiophene rings is 1. The normalized spacial score (nSPS) is 20.8. The minimum atomic E-state index is -3.43. The van der Waals surface area contributed by atoms with Crippen molar-refractivity contribution < 1.29 is 8.42 Å². The third-order valence-electron chi connectivity index (χ3n) is 2.96. The van der Waals surface area contributed by atoms with Gasteiger partial charge in [0, 0.05) is 28.9 Å². The number of sulfonamides is 1. The lowest BCUT2D eigenvalue weighted by Crippen LogP contribution is -2.36. The summed E-state index contributed by atoms with van der Waals surface area (Å²) >= 11 is 1.27. The first-order valence-electron chi connectivity index (χ1n) is 5.65. The van der Waals surface area contributed by atoms with E-state index in [4.69, 9.17) is 5.53 Å². The molecule has 8 heteroatoms. The molecule has 1 atom stereocenters. The van der Waals surface area contributed by atoms with Gasteiger partial charge in [-0.25, -0.2) is 8.42 Å². The van der Waals surface area contributed by atoms with Crippen LogP contribution in [0.1, 0.15) is 17.7 Å². The second-order valence-corrected chi connectivity index (χ2v) is 7.60. The smallest absolute Gasteiger partial charge is 0.206 e. The fraction of sp³-hybridized carbons (Fsp3) is 0.600. The van der Waals surface area contributed by atoms with E-state index in [1.807, 2.05) is 6.92 Å². The lowest BCUT2D eigenvalue weighted by molar-refractivity contribution is 0.394. The molecule has 1 aliphatic rings. The highest BCUT2D eigenvalue weighted by molar-refractivity contribution is 7.91. The van der Waals surface area contributed by atoms with Crippen molar-refractivity contribution in [1.82, 2.24) is 4.31 Å². The molecule has 1 aromatic heterocycles. The number of hydrogen-bond acceptors (Lipinski definition) is 4. The molecule has 1 aliphatic heterocycles. The van der Waals surface area contributed by atoms with Crippen LogP contribution in [0.25, 0.3) is 10.4 Å². The predicted octanol–water partition coefficient (Wildman–Crippen LogP) is 2.52. The Morgan fingerprint density at radius 3 is 3.00 bits per heavy atom. The number of azide groups is 1. The van der Waals surface area contributed by atoms with Crippen molar-refractivity contribution in [2.75, 3.05) is 13.1 Å².